The molecular weight excluding hydrogens is 220 g/mol. The summed E-state index contributed by atoms with van der Waals surface area (Å²) in [5.74, 6) is 2.71. The molecule has 6 rings (SSSR count). The summed E-state index contributed by atoms with van der Waals surface area (Å²) in [5.41, 5.74) is 2.48. The molecule has 4 saturated carbocycles. The Morgan fingerprint density at radius 3 is 2.22 bits per heavy atom. The van der Waals surface area contributed by atoms with Gasteiger partial charge in [0, 0.05) is 0 Å². The van der Waals surface area contributed by atoms with Crippen molar-refractivity contribution in [3.8, 4) is 0 Å². The maximum atomic E-state index is 5.95. The lowest BCUT2D eigenvalue weighted by molar-refractivity contribution is -0.0728. The Labute approximate surface area is 109 Å². The van der Waals surface area contributed by atoms with Crippen LogP contribution in [0.4, 0.5) is 0 Å². The van der Waals surface area contributed by atoms with Crippen LogP contribution in [0.5, 0.6) is 0 Å². The lowest BCUT2D eigenvalue weighted by atomic mass is 9.44. The van der Waals surface area contributed by atoms with E-state index in [0.717, 1.165) is 24.4 Å². The van der Waals surface area contributed by atoms with Crippen molar-refractivity contribution in [1.82, 2.24) is 0 Å². The summed E-state index contributed by atoms with van der Waals surface area (Å²) >= 11 is 0. The zero-order valence-electron chi connectivity index (χ0n) is 10.8. The molecule has 4 aliphatic carbocycles. The maximum Gasteiger partial charge on any atom is 0.0973 e. The maximum absolute atomic E-state index is 5.95. The normalized spacial score (nSPS) is 51.9. The third kappa shape index (κ3) is 1.08. The van der Waals surface area contributed by atoms with Crippen molar-refractivity contribution in [2.75, 3.05) is 6.61 Å². The lowest BCUT2D eigenvalue weighted by Crippen LogP contribution is -2.57. The van der Waals surface area contributed by atoms with Gasteiger partial charge in [-0.2, -0.15) is 0 Å². The zero-order valence-corrected chi connectivity index (χ0v) is 10.8. The second kappa shape index (κ2) is 3.01. The molecule has 5 fully saturated rings. The SMILES string of the molecule is c1ccc(C23CC4C[C@H](C2)C2(CO2)[C@@H](C4)C3)cc1. The van der Waals surface area contributed by atoms with E-state index in [4.69, 9.17) is 4.74 Å². The Bertz CT molecular complexity index is 470. The summed E-state index contributed by atoms with van der Waals surface area (Å²) in [4.78, 5) is 0. The van der Waals surface area contributed by atoms with E-state index in [1.54, 1.807) is 5.56 Å². The van der Waals surface area contributed by atoms with Crippen LogP contribution in [-0.2, 0) is 10.2 Å². The van der Waals surface area contributed by atoms with Gasteiger partial charge in [0.25, 0.3) is 0 Å². The van der Waals surface area contributed by atoms with Gasteiger partial charge in [0.2, 0.25) is 0 Å². The highest BCUT2D eigenvalue weighted by Gasteiger charge is 2.68. The highest BCUT2D eigenvalue weighted by Crippen LogP contribution is 2.68. The summed E-state index contributed by atoms with van der Waals surface area (Å²) in [6.07, 6.45) is 7.13. The molecule has 1 heterocycles. The number of epoxide rings is 1. The second-order valence-electron chi connectivity index (χ2n) is 7.23. The Balaban J connectivity index is 1.60. The first-order valence-electron chi connectivity index (χ1n) is 7.50. The van der Waals surface area contributed by atoms with Crippen molar-refractivity contribution < 1.29 is 4.74 Å². The number of hydrogen-bond donors (Lipinski definition) is 0. The van der Waals surface area contributed by atoms with Crippen molar-refractivity contribution in [3.05, 3.63) is 35.9 Å². The molecule has 0 N–H and O–H groups in total. The van der Waals surface area contributed by atoms with Crippen LogP contribution < -0.4 is 0 Å². The van der Waals surface area contributed by atoms with Crippen LogP contribution in [0.3, 0.4) is 0 Å². The quantitative estimate of drug-likeness (QED) is 0.684. The van der Waals surface area contributed by atoms with Gasteiger partial charge < -0.3 is 4.74 Å². The van der Waals surface area contributed by atoms with E-state index in [0.29, 0.717) is 11.0 Å². The monoisotopic (exact) mass is 240 g/mol. The van der Waals surface area contributed by atoms with E-state index in [1.807, 2.05) is 0 Å². The van der Waals surface area contributed by atoms with Gasteiger partial charge in [0.05, 0.1) is 12.2 Å². The molecule has 1 aromatic rings. The van der Waals surface area contributed by atoms with Crippen LogP contribution in [0.2, 0.25) is 0 Å². The number of ether oxygens (including phenoxy) is 1. The first-order valence-corrected chi connectivity index (χ1v) is 7.50. The average Bonchev–Trinajstić information content (AvgIpc) is 3.18. The Morgan fingerprint density at radius 2 is 1.61 bits per heavy atom. The molecular formula is C17H20O. The minimum atomic E-state index is 0.356. The van der Waals surface area contributed by atoms with Crippen LogP contribution in [0.1, 0.15) is 37.7 Å². The minimum Gasteiger partial charge on any atom is -0.369 e. The molecule has 5 atom stereocenters. The van der Waals surface area contributed by atoms with Crippen LogP contribution >= 0.6 is 0 Å². The van der Waals surface area contributed by atoms with Gasteiger partial charge in [0.1, 0.15) is 0 Å². The molecule has 1 heteroatoms. The Hall–Kier alpha value is -0.820. The Morgan fingerprint density at radius 1 is 0.944 bits per heavy atom. The minimum absolute atomic E-state index is 0.356. The predicted octanol–water partition coefficient (Wildman–Crippen LogP) is 3.53. The van der Waals surface area contributed by atoms with Crippen LogP contribution in [0, 0.1) is 17.8 Å². The summed E-state index contributed by atoms with van der Waals surface area (Å²) in [6, 6.07) is 11.3. The lowest BCUT2D eigenvalue weighted by Gasteiger charge is -2.59. The summed E-state index contributed by atoms with van der Waals surface area (Å²) in [5, 5.41) is 0. The van der Waals surface area contributed by atoms with Gasteiger partial charge in [0.15, 0.2) is 0 Å². The number of benzene rings is 1. The van der Waals surface area contributed by atoms with E-state index in [9.17, 15) is 0 Å². The molecule has 4 bridgehead atoms. The third-order valence-electron chi connectivity index (χ3n) is 6.44. The number of rotatable bonds is 1. The average molecular weight is 240 g/mol. The van der Waals surface area contributed by atoms with Gasteiger partial charge in [-0.1, -0.05) is 30.3 Å². The van der Waals surface area contributed by atoms with E-state index in [-0.39, 0.29) is 0 Å². The molecule has 0 aromatic heterocycles. The topological polar surface area (TPSA) is 12.5 Å². The van der Waals surface area contributed by atoms with Gasteiger partial charge in [-0.15, -0.1) is 0 Å². The zero-order chi connectivity index (χ0) is 11.8. The molecule has 1 nitrogen and oxygen atoms in total. The first kappa shape index (κ1) is 10.0. The molecule has 18 heavy (non-hydrogen) atoms. The molecule has 1 aliphatic heterocycles. The second-order valence-corrected chi connectivity index (χ2v) is 7.23. The molecule has 0 radical (unpaired) electrons. The summed E-state index contributed by atoms with van der Waals surface area (Å²) in [7, 11) is 0. The highest BCUT2D eigenvalue weighted by atomic mass is 16.6. The van der Waals surface area contributed by atoms with E-state index in [1.165, 1.54) is 32.1 Å². The van der Waals surface area contributed by atoms with Crippen LogP contribution in [-0.4, -0.2) is 12.2 Å². The fourth-order valence-electron chi connectivity index (χ4n) is 5.76. The van der Waals surface area contributed by atoms with Gasteiger partial charge >= 0.3 is 0 Å². The van der Waals surface area contributed by atoms with Crippen molar-refractivity contribution in [1.29, 1.82) is 0 Å². The number of hydrogen-bond acceptors (Lipinski definition) is 1. The molecule has 1 spiro atoms. The molecule has 94 valence electrons. The standard InChI is InChI=1S/C17H20O/c1-2-4-13(5-3-1)16-8-12-6-14(9-16)17(11-18-17)15(7-12)10-16/h1-5,12,14-15H,6-11H2/t12?,14-,15+,16?,17?. The van der Waals surface area contributed by atoms with Gasteiger partial charge in [-0.05, 0) is 60.8 Å². The van der Waals surface area contributed by atoms with Crippen LogP contribution in [0.15, 0.2) is 30.3 Å². The van der Waals surface area contributed by atoms with Gasteiger partial charge in [-0.3, -0.25) is 0 Å². The molecule has 0 amide bonds. The fourth-order valence-corrected chi connectivity index (χ4v) is 5.76. The summed E-state index contributed by atoms with van der Waals surface area (Å²) in [6.45, 7) is 1.07. The van der Waals surface area contributed by atoms with Gasteiger partial charge in [-0.25, -0.2) is 0 Å². The fraction of sp³-hybridized carbons (Fsp3) is 0.647. The first-order chi connectivity index (χ1) is 8.81. The third-order valence-corrected chi connectivity index (χ3v) is 6.44. The van der Waals surface area contributed by atoms with Crippen molar-refractivity contribution in [2.45, 2.75) is 43.1 Å². The van der Waals surface area contributed by atoms with E-state index in [2.05, 4.69) is 30.3 Å². The largest absolute Gasteiger partial charge is 0.369 e. The molecule has 1 saturated heterocycles. The highest BCUT2D eigenvalue weighted by molar-refractivity contribution is 5.32. The summed E-state index contributed by atoms with van der Waals surface area (Å²) < 4.78 is 5.95. The van der Waals surface area contributed by atoms with Crippen molar-refractivity contribution >= 4 is 0 Å². The molecule has 3 unspecified atom stereocenters. The van der Waals surface area contributed by atoms with Crippen molar-refractivity contribution in [3.63, 3.8) is 0 Å². The smallest absolute Gasteiger partial charge is 0.0973 e. The van der Waals surface area contributed by atoms with Crippen molar-refractivity contribution in [2.24, 2.45) is 17.8 Å². The van der Waals surface area contributed by atoms with E-state index < -0.39 is 0 Å². The molecule has 1 aromatic carbocycles. The Kier molecular flexibility index (Phi) is 1.68. The van der Waals surface area contributed by atoms with Crippen LogP contribution in [0.25, 0.3) is 0 Å². The molecule has 5 aliphatic rings. The van der Waals surface area contributed by atoms with E-state index >= 15 is 0 Å². The predicted molar refractivity (Wildman–Crippen MR) is 70.4 cm³/mol.